The lowest BCUT2D eigenvalue weighted by atomic mass is 10.4. The van der Waals surface area contributed by atoms with E-state index in [1.807, 2.05) is 0 Å². The Morgan fingerprint density at radius 3 is 2.79 bits per heavy atom. The molecular weight excluding hydrogens is 272 g/mol. The first-order valence-electron chi connectivity index (χ1n) is 5.60. The van der Waals surface area contributed by atoms with E-state index < -0.39 is 16.2 Å². The van der Waals surface area contributed by atoms with Crippen molar-refractivity contribution in [3.63, 3.8) is 0 Å². The molecule has 1 aromatic heterocycles. The highest BCUT2D eigenvalue weighted by Crippen LogP contribution is 2.00. The monoisotopic (exact) mass is 290 g/mol. The van der Waals surface area contributed by atoms with Crippen molar-refractivity contribution in [1.82, 2.24) is 18.6 Å². The molecule has 0 atom stereocenters. The zero-order valence-corrected chi connectivity index (χ0v) is 12.0. The second kappa shape index (κ2) is 6.64. The second-order valence-corrected chi connectivity index (χ2v) is 5.79. The number of nitrogens with one attached hydrogen (secondary N) is 1. The molecule has 0 bridgehead atoms. The summed E-state index contributed by atoms with van der Waals surface area (Å²) in [5, 5.41) is 0. The Morgan fingerprint density at radius 1 is 1.58 bits per heavy atom. The van der Waals surface area contributed by atoms with E-state index in [1.165, 1.54) is 14.2 Å². The number of methoxy groups -OCH3 is 1. The van der Waals surface area contributed by atoms with Crippen molar-refractivity contribution in [1.29, 1.82) is 0 Å². The summed E-state index contributed by atoms with van der Waals surface area (Å²) in [4.78, 5) is 15.0. The predicted molar refractivity (Wildman–Crippen MR) is 68.2 cm³/mol. The number of hydrogen-bond donors (Lipinski definition) is 1. The average molecular weight is 290 g/mol. The summed E-state index contributed by atoms with van der Waals surface area (Å²) in [5.41, 5.74) is 0. The number of nitrogens with zero attached hydrogens (tertiary/aromatic N) is 3. The fraction of sp³-hybridized carbons (Fsp3) is 0.600. The van der Waals surface area contributed by atoms with Crippen LogP contribution in [0.2, 0.25) is 0 Å². The lowest BCUT2D eigenvalue weighted by Crippen LogP contribution is -2.39. The second-order valence-electron chi connectivity index (χ2n) is 3.93. The molecule has 1 N–H and O–H groups in total. The molecule has 0 unspecified atom stereocenters. The molecule has 0 amide bonds. The maximum absolute atomic E-state index is 11.9. The van der Waals surface area contributed by atoms with Crippen molar-refractivity contribution in [2.45, 2.75) is 13.0 Å². The van der Waals surface area contributed by atoms with E-state index in [2.05, 4.69) is 14.4 Å². The molecule has 8 nitrogen and oxygen atoms in total. The normalized spacial score (nSPS) is 11.8. The van der Waals surface area contributed by atoms with Gasteiger partial charge in [-0.3, -0.25) is 4.79 Å². The number of ether oxygens (including phenoxy) is 1. The maximum atomic E-state index is 11.9. The highest BCUT2D eigenvalue weighted by Gasteiger charge is 2.18. The zero-order valence-electron chi connectivity index (χ0n) is 11.2. The number of esters is 1. The van der Waals surface area contributed by atoms with Crippen LogP contribution in [0.25, 0.3) is 0 Å². The highest BCUT2D eigenvalue weighted by atomic mass is 32.2. The van der Waals surface area contributed by atoms with Gasteiger partial charge in [-0.1, -0.05) is 0 Å². The van der Waals surface area contributed by atoms with Crippen LogP contribution in [0.3, 0.4) is 0 Å². The SMILES string of the molecule is COC(=O)CCN(C)S(=O)(=O)NCc1nccn1C. The molecular formula is C10H18N4O4S. The highest BCUT2D eigenvalue weighted by molar-refractivity contribution is 7.87. The van der Waals surface area contributed by atoms with Gasteiger partial charge in [-0.05, 0) is 0 Å². The third-order valence-electron chi connectivity index (χ3n) is 2.60. The predicted octanol–water partition coefficient (Wildman–Crippen LogP) is -0.751. The first-order chi connectivity index (χ1) is 8.86. The van der Waals surface area contributed by atoms with Crippen LogP contribution in [0.1, 0.15) is 12.2 Å². The lowest BCUT2D eigenvalue weighted by molar-refractivity contribution is -0.140. The molecule has 0 aliphatic heterocycles. The van der Waals surface area contributed by atoms with Gasteiger partial charge in [0.05, 0.1) is 20.1 Å². The van der Waals surface area contributed by atoms with Crippen molar-refractivity contribution < 1.29 is 17.9 Å². The number of aromatic nitrogens is 2. The summed E-state index contributed by atoms with van der Waals surface area (Å²) < 4.78 is 33.4. The van der Waals surface area contributed by atoms with Crippen LogP contribution >= 0.6 is 0 Å². The smallest absolute Gasteiger partial charge is 0.306 e. The van der Waals surface area contributed by atoms with Gasteiger partial charge in [-0.25, -0.2) is 4.98 Å². The van der Waals surface area contributed by atoms with Gasteiger partial charge in [0.2, 0.25) is 0 Å². The summed E-state index contributed by atoms with van der Waals surface area (Å²) in [6, 6.07) is 0. The molecule has 0 saturated carbocycles. The molecule has 0 radical (unpaired) electrons. The van der Waals surface area contributed by atoms with E-state index in [1.54, 1.807) is 24.0 Å². The lowest BCUT2D eigenvalue weighted by Gasteiger charge is -2.16. The third-order valence-corrected chi connectivity index (χ3v) is 4.11. The largest absolute Gasteiger partial charge is 0.469 e. The number of aryl methyl sites for hydroxylation is 1. The Balaban J connectivity index is 2.51. The maximum Gasteiger partial charge on any atom is 0.306 e. The molecule has 0 saturated heterocycles. The molecule has 1 heterocycles. The van der Waals surface area contributed by atoms with Gasteiger partial charge in [0.1, 0.15) is 5.82 Å². The summed E-state index contributed by atoms with van der Waals surface area (Å²) in [6.45, 7) is 0.150. The zero-order chi connectivity index (χ0) is 14.5. The van der Waals surface area contributed by atoms with Crippen LogP contribution < -0.4 is 4.72 Å². The van der Waals surface area contributed by atoms with Crippen LogP contribution in [0, 0.1) is 0 Å². The summed E-state index contributed by atoms with van der Waals surface area (Å²) >= 11 is 0. The Hall–Kier alpha value is -1.45. The van der Waals surface area contributed by atoms with E-state index in [9.17, 15) is 13.2 Å². The van der Waals surface area contributed by atoms with Crippen molar-refractivity contribution in [2.75, 3.05) is 20.7 Å². The standard InChI is InChI=1S/C10H18N4O4S/c1-13-7-5-11-9(13)8-12-19(16,17)14(2)6-4-10(15)18-3/h5,7,12H,4,6,8H2,1-3H3. The molecule has 9 heteroatoms. The molecule has 0 fully saturated rings. The average Bonchev–Trinajstić information content (AvgIpc) is 2.78. The van der Waals surface area contributed by atoms with E-state index in [-0.39, 0.29) is 19.5 Å². The molecule has 19 heavy (non-hydrogen) atoms. The van der Waals surface area contributed by atoms with Gasteiger partial charge >= 0.3 is 5.97 Å². The van der Waals surface area contributed by atoms with E-state index in [4.69, 9.17) is 0 Å². The molecule has 0 aliphatic carbocycles. The molecule has 0 spiro atoms. The van der Waals surface area contributed by atoms with E-state index >= 15 is 0 Å². The Labute approximate surface area is 112 Å². The number of imidazole rings is 1. The van der Waals surface area contributed by atoms with Crippen LogP contribution in [-0.4, -0.2) is 48.9 Å². The molecule has 1 rings (SSSR count). The summed E-state index contributed by atoms with van der Waals surface area (Å²) in [7, 11) is 0.793. The van der Waals surface area contributed by atoms with E-state index in [0.717, 1.165) is 4.31 Å². The van der Waals surface area contributed by atoms with Gasteiger partial charge in [-0.15, -0.1) is 0 Å². The minimum atomic E-state index is -3.63. The van der Waals surface area contributed by atoms with Crippen molar-refractivity contribution in [3.8, 4) is 0 Å². The van der Waals surface area contributed by atoms with Gasteiger partial charge in [0.15, 0.2) is 0 Å². The molecule has 0 aromatic carbocycles. The van der Waals surface area contributed by atoms with Crippen molar-refractivity contribution in [2.24, 2.45) is 7.05 Å². The van der Waals surface area contributed by atoms with Crippen LogP contribution in [0.5, 0.6) is 0 Å². The van der Waals surface area contributed by atoms with Crippen LogP contribution in [-0.2, 0) is 33.3 Å². The van der Waals surface area contributed by atoms with Crippen LogP contribution in [0.4, 0.5) is 0 Å². The Bertz CT molecular complexity index is 525. The quantitative estimate of drug-likeness (QED) is 0.667. The van der Waals surface area contributed by atoms with Gasteiger partial charge in [0.25, 0.3) is 10.2 Å². The number of rotatable bonds is 7. The number of carbonyl (C=O) groups excluding carboxylic acids is 1. The van der Waals surface area contributed by atoms with Gasteiger partial charge in [0, 0.05) is 33.0 Å². The minimum Gasteiger partial charge on any atom is -0.469 e. The first kappa shape index (κ1) is 15.6. The molecule has 1 aromatic rings. The fourth-order valence-corrected chi connectivity index (χ4v) is 2.17. The topological polar surface area (TPSA) is 93.5 Å². The van der Waals surface area contributed by atoms with Gasteiger partial charge in [-0.2, -0.15) is 17.4 Å². The fourth-order valence-electron chi connectivity index (χ4n) is 1.30. The Kier molecular flexibility index (Phi) is 5.45. The third kappa shape index (κ3) is 4.62. The summed E-state index contributed by atoms with van der Waals surface area (Å²) in [6.07, 6.45) is 3.32. The molecule has 0 aliphatic rings. The van der Waals surface area contributed by atoms with E-state index in [0.29, 0.717) is 5.82 Å². The summed E-state index contributed by atoms with van der Waals surface area (Å²) in [5.74, 6) is 0.149. The first-order valence-corrected chi connectivity index (χ1v) is 7.04. The minimum absolute atomic E-state index is 0.0102. The number of hydrogen-bond acceptors (Lipinski definition) is 5. The molecule has 108 valence electrons. The number of carbonyl (C=O) groups is 1. The van der Waals surface area contributed by atoms with Crippen LogP contribution in [0.15, 0.2) is 12.4 Å². The Morgan fingerprint density at radius 2 is 2.26 bits per heavy atom. The van der Waals surface area contributed by atoms with Gasteiger partial charge < -0.3 is 9.30 Å². The van der Waals surface area contributed by atoms with Crippen molar-refractivity contribution >= 4 is 16.2 Å². The van der Waals surface area contributed by atoms with Crippen molar-refractivity contribution in [3.05, 3.63) is 18.2 Å².